The van der Waals surface area contributed by atoms with Gasteiger partial charge in [-0.05, 0) is 49.9 Å². The maximum absolute atomic E-state index is 5.47. The van der Waals surface area contributed by atoms with Crippen LogP contribution in [0.1, 0.15) is 68.7 Å². The summed E-state index contributed by atoms with van der Waals surface area (Å²) in [4.78, 5) is 0. The first-order chi connectivity index (χ1) is 9.63. The van der Waals surface area contributed by atoms with Crippen LogP contribution in [0.25, 0.3) is 0 Å². The summed E-state index contributed by atoms with van der Waals surface area (Å²) in [5, 5.41) is 3.70. The van der Waals surface area contributed by atoms with Crippen LogP contribution in [0.15, 0.2) is 12.1 Å². The van der Waals surface area contributed by atoms with Crippen molar-refractivity contribution < 1.29 is 4.74 Å². The molecule has 0 aliphatic rings. The zero-order valence-electron chi connectivity index (χ0n) is 13.9. The largest absolute Gasteiger partial charge is 0.496 e. The summed E-state index contributed by atoms with van der Waals surface area (Å²) in [6.07, 6.45) is 6.29. The first-order valence-electron chi connectivity index (χ1n) is 8.02. The van der Waals surface area contributed by atoms with Gasteiger partial charge in [-0.25, -0.2) is 0 Å². The van der Waals surface area contributed by atoms with Crippen LogP contribution in [-0.2, 0) is 0 Å². The number of unbranched alkanes of at least 4 members (excludes halogenated alkanes) is 2. The van der Waals surface area contributed by atoms with Gasteiger partial charge in [0.2, 0.25) is 0 Å². The second kappa shape index (κ2) is 9.02. The van der Waals surface area contributed by atoms with E-state index in [9.17, 15) is 0 Å². The Hall–Kier alpha value is -1.02. The quantitative estimate of drug-likeness (QED) is 0.646. The van der Waals surface area contributed by atoms with Crippen molar-refractivity contribution in [3.05, 3.63) is 28.8 Å². The van der Waals surface area contributed by atoms with E-state index in [1.165, 1.54) is 48.8 Å². The predicted molar refractivity (Wildman–Crippen MR) is 87.6 cm³/mol. The van der Waals surface area contributed by atoms with E-state index in [0.717, 1.165) is 12.3 Å². The molecule has 0 aliphatic heterocycles. The molecule has 0 bridgehead atoms. The number of hydrogen-bond donors (Lipinski definition) is 1. The van der Waals surface area contributed by atoms with Crippen LogP contribution in [0.2, 0.25) is 0 Å². The highest BCUT2D eigenvalue weighted by atomic mass is 16.5. The van der Waals surface area contributed by atoms with Crippen LogP contribution < -0.4 is 10.1 Å². The lowest BCUT2D eigenvalue weighted by Gasteiger charge is -2.21. The minimum absolute atomic E-state index is 0.477. The highest BCUT2D eigenvalue weighted by Gasteiger charge is 2.13. The van der Waals surface area contributed by atoms with Crippen LogP contribution in [0.4, 0.5) is 0 Å². The summed E-state index contributed by atoms with van der Waals surface area (Å²) in [6, 6.07) is 5.04. The van der Waals surface area contributed by atoms with Crippen LogP contribution in [0.5, 0.6) is 5.75 Å². The molecule has 1 unspecified atom stereocenters. The molecule has 0 radical (unpaired) electrons. The van der Waals surface area contributed by atoms with E-state index in [2.05, 4.69) is 45.1 Å². The van der Waals surface area contributed by atoms with Gasteiger partial charge in [0.15, 0.2) is 0 Å². The van der Waals surface area contributed by atoms with Crippen molar-refractivity contribution in [3.8, 4) is 5.75 Å². The van der Waals surface area contributed by atoms with Gasteiger partial charge in [-0.3, -0.25) is 0 Å². The van der Waals surface area contributed by atoms with Gasteiger partial charge in [-0.15, -0.1) is 0 Å². The molecule has 0 aromatic heterocycles. The molecular formula is C18H31NO. The lowest BCUT2D eigenvalue weighted by molar-refractivity contribution is 0.407. The molecule has 2 heteroatoms. The Morgan fingerprint density at radius 1 is 1.05 bits per heavy atom. The summed E-state index contributed by atoms with van der Waals surface area (Å²) in [5.41, 5.74) is 3.88. The highest BCUT2D eigenvalue weighted by Crippen LogP contribution is 2.29. The van der Waals surface area contributed by atoms with Crippen molar-refractivity contribution in [2.24, 2.45) is 0 Å². The fourth-order valence-corrected chi connectivity index (χ4v) is 2.81. The number of benzene rings is 1. The van der Waals surface area contributed by atoms with Crippen LogP contribution >= 0.6 is 0 Å². The standard InChI is InChI=1S/C18H31NO/c1-6-8-9-10-17(19-11-7-2)16-12-14(3)18(20-5)15(4)13-16/h12-13,17,19H,6-11H2,1-5H3. The number of nitrogens with one attached hydrogen (secondary N) is 1. The molecule has 0 aliphatic carbocycles. The molecule has 0 saturated heterocycles. The molecule has 2 nitrogen and oxygen atoms in total. The van der Waals surface area contributed by atoms with Gasteiger partial charge in [-0.1, -0.05) is 45.2 Å². The van der Waals surface area contributed by atoms with Crippen molar-refractivity contribution in [2.75, 3.05) is 13.7 Å². The minimum atomic E-state index is 0.477. The predicted octanol–water partition coefficient (Wildman–Crippen LogP) is 4.93. The first kappa shape index (κ1) is 17.0. The lowest BCUT2D eigenvalue weighted by atomic mass is 9.96. The third-order valence-electron chi connectivity index (χ3n) is 3.83. The van der Waals surface area contributed by atoms with Gasteiger partial charge in [0.1, 0.15) is 5.75 Å². The van der Waals surface area contributed by atoms with E-state index < -0.39 is 0 Å². The van der Waals surface area contributed by atoms with E-state index in [-0.39, 0.29) is 0 Å². The molecule has 1 rings (SSSR count). The molecular weight excluding hydrogens is 246 g/mol. The Balaban J connectivity index is 2.88. The Labute approximate surface area is 124 Å². The molecule has 1 aromatic carbocycles. The van der Waals surface area contributed by atoms with Crippen molar-refractivity contribution in [1.29, 1.82) is 0 Å². The zero-order valence-corrected chi connectivity index (χ0v) is 13.9. The summed E-state index contributed by atoms with van der Waals surface area (Å²) >= 11 is 0. The van der Waals surface area contributed by atoms with E-state index in [1.54, 1.807) is 7.11 Å². The molecule has 0 heterocycles. The minimum Gasteiger partial charge on any atom is -0.496 e. The lowest BCUT2D eigenvalue weighted by Crippen LogP contribution is -2.22. The summed E-state index contributed by atoms with van der Waals surface area (Å²) in [5.74, 6) is 1.02. The zero-order chi connectivity index (χ0) is 15.0. The molecule has 1 N–H and O–H groups in total. The molecule has 0 saturated carbocycles. The topological polar surface area (TPSA) is 21.3 Å². The number of aryl methyl sites for hydroxylation is 2. The SMILES string of the molecule is CCCCCC(NCCC)c1cc(C)c(OC)c(C)c1. The molecule has 0 amide bonds. The number of ether oxygens (including phenoxy) is 1. The summed E-state index contributed by atoms with van der Waals surface area (Å²) in [7, 11) is 1.75. The summed E-state index contributed by atoms with van der Waals surface area (Å²) < 4.78 is 5.47. The Kier molecular flexibility index (Phi) is 7.68. The monoisotopic (exact) mass is 277 g/mol. The molecule has 0 fully saturated rings. The van der Waals surface area contributed by atoms with Crippen LogP contribution in [0.3, 0.4) is 0 Å². The number of hydrogen-bond acceptors (Lipinski definition) is 2. The fourth-order valence-electron chi connectivity index (χ4n) is 2.81. The van der Waals surface area contributed by atoms with Gasteiger partial charge >= 0.3 is 0 Å². The third-order valence-corrected chi connectivity index (χ3v) is 3.83. The van der Waals surface area contributed by atoms with E-state index in [1.807, 2.05) is 0 Å². The average Bonchev–Trinajstić information content (AvgIpc) is 2.42. The molecule has 114 valence electrons. The Morgan fingerprint density at radius 3 is 2.20 bits per heavy atom. The van der Waals surface area contributed by atoms with E-state index in [0.29, 0.717) is 6.04 Å². The molecule has 1 aromatic rings. The summed E-state index contributed by atoms with van der Waals surface area (Å²) in [6.45, 7) is 9.84. The number of methoxy groups -OCH3 is 1. The smallest absolute Gasteiger partial charge is 0.124 e. The maximum atomic E-state index is 5.47. The third kappa shape index (κ3) is 4.82. The Morgan fingerprint density at radius 2 is 1.70 bits per heavy atom. The second-order valence-electron chi connectivity index (χ2n) is 5.69. The van der Waals surface area contributed by atoms with Gasteiger partial charge in [0.05, 0.1) is 7.11 Å². The van der Waals surface area contributed by atoms with E-state index in [4.69, 9.17) is 4.74 Å². The fraction of sp³-hybridized carbons (Fsp3) is 0.667. The molecule has 20 heavy (non-hydrogen) atoms. The van der Waals surface area contributed by atoms with Crippen molar-refractivity contribution in [2.45, 2.75) is 65.8 Å². The van der Waals surface area contributed by atoms with Crippen molar-refractivity contribution in [3.63, 3.8) is 0 Å². The van der Waals surface area contributed by atoms with Gasteiger partial charge < -0.3 is 10.1 Å². The first-order valence-corrected chi connectivity index (χ1v) is 8.02. The highest BCUT2D eigenvalue weighted by molar-refractivity contribution is 5.44. The van der Waals surface area contributed by atoms with Crippen LogP contribution in [-0.4, -0.2) is 13.7 Å². The van der Waals surface area contributed by atoms with Gasteiger partial charge in [0.25, 0.3) is 0 Å². The van der Waals surface area contributed by atoms with Gasteiger partial charge in [0, 0.05) is 6.04 Å². The van der Waals surface area contributed by atoms with Crippen LogP contribution in [0, 0.1) is 13.8 Å². The Bertz CT molecular complexity index is 377. The molecule has 1 atom stereocenters. The van der Waals surface area contributed by atoms with Gasteiger partial charge in [-0.2, -0.15) is 0 Å². The molecule has 0 spiro atoms. The normalized spacial score (nSPS) is 12.4. The second-order valence-corrected chi connectivity index (χ2v) is 5.69. The van der Waals surface area contributed by atoms with E-state index >= 15 is 0 Å². The maximum Gasteiger partial charge on any atom is 0.124 e. The number of rotatable bonds is 9. The van der Waals surface area contributed by atoms with Crippen molar-refractivity contribution in [1.82, 2.24) is 5.32 Å². The average molecular weight is 277 g/mol. The van der Waals surface area contributed by atoms with Crippen molar-refractivity contribution >= 4 is 0 Å².